The van der Waals surface area contributed by atoms with Crippen LogP contribution in [0.25, 0.3) is 0 Å². The van der Waals surface area contributed by atoms with E-state index in [1.165, 1.54) is 0 Å². The molecule has 4 nitrogen and oxygen atoms in total. The number of rotatable bonds is 3. The molecule has 14 heavy (non-hydrogen) atoms. The van der Waals surface area contributed by atoms with E-state index in [0.29, 0.717) is 11.8 Å². The Balaban J connectivity index is 2.87. The van der Waals surface area contributed by atoms with Crippen LogP contribution in [0.1, 0.15) is 12.6 Å². The van der Waals surface area contributed by atoms with E-state index in [9.17, 15) is 0 Å². The fourth-order valence-corrected chi connectivity index (χ4v) is 0.927. The van der Waals surface area contributed by atoms with Gasteiger partial charge in [0.2, 0.25) is 11.8 Å². The van der Waals surface area contributed by atoms with Crippen LogP contribution in [0.2, 0.25) is 0 Å². The highest BCUT2D eigenvalue weighted by atomic mass is 16.5. The molecule has 0 fully saturated rings. The lowest BCUT2D eigenvalue weighted by Gasteiger charge is -2.09. The lowest BCUT2D eigenvalue weighted by atomic mass is 10.4. The third-order valence-corrected chi connectivity index (χ3v) is 1.59. The van der Waals surface area contributed by atoms with Crippen LogP contribution >= 0.6 is 0 Å². The van der Waals surface area contributed by atoms with Crippen molar-refractivity contribution in [1.29, 1.82) is 0 Å². The van der Waals surface area contributed by atoms with Crippen LogP contribution in [-0.4, -0.2) is 23.1 Å². The topological polar surface area (TPSA) is 47.0 Å². The lowest BCUT2D eigenvalue weighted by molar-refractivity contribution is 0.267. The summed E-state index contributed by atoms with van der Waals surface area (Å²) in [4.78, 5) is 8.23. The number of terminal acetylenes is 1. The highest BCUT2D eigenvalue weighted by Gasteiger charge is 2.04. The molecular weight excluding hydrogens is 178 g/mol. The monoisotopic (exact) mass is 191 g/mol. The van der Waals surface area contributed by atoms with Crippen LogP contribution in [0.4, 0.5) is 5.95 Å². The average molecular weight is 191 g/mol. The van der Waals surface area contributed by atoms with Gasteiger partial charge in [0, 0.05) is 18.8 Å². The maximum atomic E-state index is 5.36. The summed E-state index contributed by atoms with van der Waals surface area (Å²) >= 11 is 0. The van der Waals surface area contributed by atoms with Gasteiger partial charge in [0.25, 0.3) is 0 Å². The van der Waals surface area contributed by atoms with E-state index in [4.69, 9.17) is 11.2 Å². The molecule has 0 saturated carbocycles. The molecule has 4 heteroatoms. The van der Waals surface area contributed by atoms with E-state index >= 15 is 0 Å². The van der Waals surface area contributed by atoms with Crippen LogP contribution in [0, 0.1) is 19.3 Å². The number of anilines is 1. The standard InChI is InChI=1S/C10H13N3O/c1-5-8(3)14-9-6-7(2)12-10(11-4)13-9/h1,6,8H,2-4H3,(H,11,12,13). The Labute approximate surface area is 83.7 Å². The first-order valence-electron chi connectivity index (χ1n) is 4.32. The average Bonchev–Trinajstić information content (AvgIpc) is 2.16. The third-order valence-electron chi connectivity index (χ3n) is 1.59. The first kappa shape index (κ1) is 10.3. The minimum absolute atomic E-state index is 0.283. The number of ether oxygens (including phenoxy) is 1. The molecule has 74 valence electrons. The number of nitrogens with zero attached hydrogens (tertiary/aromatic N) is 2. The van der Waals surface area contributed by atoms with Crippen molar-refractivity contribution >= 4 is 5.95 Å². The molecule has 1 aromatic rings. The molecule has 0 aliphatic heterocycles. The summed E-state index contributed by atoms with van der Waals surface area (Å²) < 4.78 is 5.36. The minimum atomic E-state index is -0.283. The molecule has 1 N–H and O–H groups in total. The molecule has 0 spiro atoms. The number of aromatic nitrogens is 2. The molecule has 0 radical (unpaired) electrons. The van der Waals surface area contributed by atoms with Crippen molar-refractivity contribution in [1.82, 2.24) is 9.97 Å². The molecule has 0 bridgehead atoms. The zero-order valence-electron chi connectivity index (χ0n) is 8.53. The van der Waals surface area contributed by atoms with Gasteiger partial charge in [-0.2, -0.15) is 4.98 Å². The van der Waals surface area contributed by atoms with E-state index in [2.05, 4.69) is 21.2 Å². The summed E-state index contributed by atoms with van der Waals surface area (Å²) in [6.45, 7) is 3.66. The van der Waals surface area contributed by atoms with Crippen molar-refractivity contribution in [3.05, 3.63) is 11.8 Å². The normalized spacial score (nSPS) is 11.6. The fourth-order valence-electron chi connectivity index (χ4n) is 0.927. The Morgan fingerprint density at radius 1 is 1.57 bits per heavy atom. The van der Waals surface area contributed by atoms with Gasteiger partial charge in [-0.05, 0) is 13.8 Å². The van der Waals surface area contributed by atoms with Crippen LogP contribution < -0.4 is 10.1 Å². The summed E-state index contributed by atoms with van der Waals surface area (Å²) in [6, 6.07) is 1.74. The van der Waals surface area contributed by atoms with Crippen LogP contribution in [-0.2, 0) is 0 Å². The smallest absolute Gasteiger partial charge is 0.225 e. The first-order valence-corrected chi connectivity index (χ1v) is 4.32. The Morgan fingerprint density at radius 3 is 2.86 bits per heavy atom. The summed E-state index contributed by atoms with van der Waals surface area (Å²) in [5.41, 5.74) is 0.837. The van der Waals surface area contributed by atoms with Gasteiger partial charge in [0.15, 0.2) is 6.10 Å². The SMILES string of the molecule is C#CC(C)Oc1cc(C)nc(NC)n1. The molecule has 1 rings (SSSR count). The van der Waals surface area contributed by atoms with E-state index in [1.807, 2.05) is 6.92 Å². The molecule has 0 aliphatic rings. The van der Waals surface area contributed by atoms with E-state index in [0.717, 1.165) is 5.69 Å². The van der Waals surface area contributed by atoms with E-state index in [-0.39, 0.29) is 6.10 Å². The minimum Gasteiger partial charge on any atom is -0.461 e. The predicted octanol–water partition coefficient (Wildman–Crippen LogP) is 1.23. The third kappa shape index (κ3) is 2.63. The zero-order chi connectivity index (χ0) is 10.6. The number of hydrogen-bond donors (Lipinski definition) is 1. The van der Waals surface area contributed by atoms with Gasteiger partial charge < -0.3 is 10.1 Å². The maximum absolute atomic E-state index is 5.36. The van der Waals surface area contributed by atoms with Crippen LogP contribution in [0.15, 0.2) is 6.07 Å². The summed E-state index contributed by atoms with van der Waals surface area (Å²) in [6.07, 6.45) is 4.91. The predicted molar refractivity (Wildman–Crippen MR) is 55.2 cm³/mol. The van der Waals surface area contributed by atoms with Crippen LogP contribution in [0.3, 0.4) is 0 Å². The van der Waals surface area contributed by atoms with Crippen molar-refractivity contribution in [3.63, 3.8) is 0 Å². The van der Waals surface area contributed by atoms with E-state index in [1.54, 1.807) is 20.0 Å². The highest BCUT2D eigenvalue weighted by molar-refractivity contribution is 5.29. The molecule has 1 unspecified atom stereocenters. The van der Waals surface area contributed by atoms with Crippen molar-refractivity contribution in [2.75, 3.05) is 12.4 Å². The Hall–Kier alpha value is -1.76. The first-order chi connectivity index (χ1) is 6.65. The Bertz CT molecular complexity index is 357. The summed E-state index contributed by atoms with van der Waals surface area (Å²) in [7, 11) is 1.75. The molecule has 1 aromatic heterocycles. The van der Waals surface area contributed by atoms with Crippen molar-refractivity contribution < 1.29 is 4.74 Å². The second-order valence-corrected chi connectivity index (χ2v) is 2.85. The summed E-state index contributed by atoms with van der Waals surface area (Å²) in [5, 5.41) is 2.85. The number of hydrogen-bond acceptors (Lipinski definition) is 4. The maximum Gasteiger partial charge on any atom is 0.225 e. The van der Waals surface area contributed by atoms with Gasteiger partial charge in [-0.1, -0.05) is 5.92 Å². The molecule has 0 aliphatic carbocycles. The Kier molecular flexibility index (Phi) is 3.29. The quantitative estimate of drug-likeness (QED) is 0.730. The number of nitrogens with one attached hydrogen (secondary N) is 1. The second-order valence-electron chi connectivity index (χ2n) is 2.85. The summed E-state index contributed by atoms with van der Waals surface area (Å²) in [5.74, 6) is 3.49. The second kappa shape index (κ2) is 4.47. The van der Waals surface area contributed by atoms with Crippen molar-refractivity contribution in [3.8, 4) is 18.2 Å². The molecule has 0 amide bonds. The fraction of sp³-hybridized carbons (Fsp3) is 0.400. The molecule has 1 atom stereocenters. The molecule has 0 saturated heterocycles. The van der Waals surface area contributed by atoms with Gasteiger partial charge in [0.05, 0.1) is 0 Å². The van der Waals surface area contributed by atoms with E-state index < -0.39 is 0 Å². The van der Waals surface area contributed by atoms with Gasteiger partial charge in [-0.25, -0.2) is 4.98 Å². The Morgan fingerprint density at radius 2 is 2.29 bits per heavy atom. The van der Waals surface area contributed by atoms with Gasteiger partial charge >= 0.3 is 0 Å². The van der Waals surface area contributed by atoms with Crippen molar-refractivity contribution in [2.45, 2.75) is 20.0 Å². The van der Waals surface area contributed by atoms with Gasteiger partial charge in [-0.3, -0.25) is 0 Å². The molecule has 1 heterocycles. The van der Waals surface area contributed by atoms with Crippen molar-refractivity contribution in [2.24, 2.45) is 0 Å². The highest BCUT2D eigenvalue weighted by Crippen LogP contribution is 2.12. The molecule has 0 aromatic carbocycles. The van der Waals surface area contributed by atoms with Crippen LogP contribution in [0.5, 0.6) is 5.88 Å². The molecular formula is C10H13N3O. The zero-order valence-corrected chi connectivity index (χ0v) is 8.53. The lowest BCUT2D eigenvalue weighted by Crippen LogP contribution is -2.10. The van der Waals surface area contributed by atoms with Gasteiger partial charge in [-0.15, -0.1) is 6.42 Å². The largest absolute Gasteiger partial charge is 0.461 e. The number of aryl methyl sites for hydroxylation is 1. The van der Waals surface area contributed by atoms with Gasteiger partial charge in [0.1, 0.15) is 0 Å².